The minimum atomic E-state index is -0.505. The highest BCUT2D eigenvalue weighted by Crippen LogP contribution is 2.16. The van der Waals surface area contributed by atoms with Gasteiger partial charge in [-0.05, 0) is 48.8 Å². The quantitative estimate of drug-likeness (QED) is 0.895. The van der Waals surface area contributed by atoms with Gasteiger partial charge in [0.05, 0.1) is 5.69 Å². The standard InChI is InChI=1S/C11H16BrN3O/c1-7-8(12)4-5-9(14-7)15-10(16)6-11(2,3)13/h4-5H,6,13H2,1-3H3,(H,14,15,16). The zero-order chi connectivity index (χ0) is 12.3. The number of hydrogen-bond acceptors (Lipinski definition) is 3. The molecule has 0 atom stereocenters. The molecule has 0 aliphatic carbocycles. The van der Waals surface area contributed by atoms with Gasteiger partial charge in [-0.3, -0.25) is 4.79 Å². The molecule has 0 aromatic carbocycles. The van der Waals surface area contributed by atoms with Crippen molar-refractivity contribution >= 4 is 27.7 Å². The van der Waals surface area contributed by atoms with Crippen molar-refractivity contribution in [3.63, 3.8) is 0 Å². The molecular formula is C11H16BrN3O. The van der Waals surface area contributed by atoms with Gasteiger partial charge in [-0.25, -0.2) is 4.98 Å². The first-order valence-electron chi connectivity index (χ1n) is 5.00. The van der Waals surface area contributed by atoms with Gasteiger partial charge in [-0.1, -0.05) is 0 Å². The normalized spacial score (nSPS) is 11.3. The Labute approximate surface area is 104 Å². The molecular weight excluding hydrogens is 270 g/mol. The lowest BCUT2D eigenvalue weighted by Crippen LogP contribution is -2.36. The second-order valence-corrected chi connectivity index (χ2v) is 5.33. The average Bonchev–Trinajstić information content (AvgIpc) is 2.08. The number of anilines is 1. The number of hydrogen-bond donors (Lipinski definition) is 2. The summed E-state index contributed by atoms with van der Waals surface area (Å²) in [5.41, 5.74) is 6.09. The van der Waals surface area contributed by atoms with E-state index in [9.17, 15) is 4.79 Å². The van der Waals surface area contributed by atoms with E-state index in [2.05, 4.69) is 26.2 Å². The van der Waals surface area contributed by atoms with Crippen LogP contribution >= 0.6 is 15.9 Å². The third-order valence-corrected chi connectivity index (χ3v) is 2.74. The third kappa shape index (κ3) is 4.28. The Morgan fingerprint density at radius 2 is 2.19 bits per heavy atom. The average molecular weight is 286 g/mol. The highest BCUT2D eigenvalue weighted by Gasteiger charge is 2.16. The van der Waals surface area contributed by atoms with Gasteiger partial charge in [0.2, 0.25) is 5.91 Å². The summed E-state index contributed by atoms with van der Waals surface area (Å²) in [7, 11) is 0. The lowest BCUT2D eigenvalue weighted by molar-refractivity contribution is -0.117. The maximum absolute atomic E-state index is 11.6. The molecule has 4 nitrogen and oxygen atoms in total. The molecule has 1 heterocycles. The van der Waals surface area contributed by atoms with Crippen LogP contribution in [0.5, 0.6) is 0 Å². The van der Waals surface area contributed by atoms with Crippen molar-refractivity contribution < 1.29 is 4.79 Å². The van der Waals surface area contributed by atoms with Crippen LogP contribution in [0, 0.1) is 6.92 Å². The number of nitrogens with two attached hydrogens (primary N) is 1. The van der Waals surface area contributed by atoms with Gasteiger partial charge in [0, 0.05) is 16.4 Å². The second-order valence-electron chi connectivity index (χ2n) is 4.48. The number of rotatable bonds is 3. The number of nitrogens with zero attached hydrogens (tertiary/aromatic N) is 1. The summed E-state index contributed by atoms with van der Waals surface area (Å²) < 4.78 is 0.921. The first-order chi connectivity index (χ1) is 7.28. The van der Waals surface area contributed by atoms with Crippen molar-refractivity contribution in [2.75, 3.05) is 5.32 Å². The smallest absolute Gasteiger partial charge is 0.227 e. The summed E-state index contributed by atoms with van der Waals surface area (Å²) >= 11 is 3.35. The highest BCUT2D eigenvalue weighted by molar-refractivity contribution is 9.10. The fourth-order valence-electron chi connectivity index (χ4n) is 1.21. The lowest BCUT2D eigenvalue weighted by atomic mass is 10.0. The molecule has 5 heteroatoms. The Morgan fingerprint density at radius 1 is 1.56 bits per heavy atom. The minimum Gasteiger partial charge on any atom is -0.325 e. The molecule has 1 amide bonds. The number of nitrogens with one attached hydrogen (secondary N) is 1. The van der Waals surface area contributed by atoms with Crippen molar-refractivity contribution in [2.45, 2.75) is 32.7 Å². The maximum Gasteiger partial charge on any atom is 0.227 e. The van der Waals surface area contributed by atoms with Crippen LogP contribution < -0.4 is 11.1 Å². The molecule has 1 aromatic rings. The van der Waals surface area contributed by atoms with Gasteiger partial charge >= 0.3 is 0 Å². The first kappa shape index (κ1) is 13.1. The zero-order valence-corrected chi connectivity index (χ0v) is 11.3. The van der Waals surface area contributed by atoms with Crippen LogP contribution in [0.25, 0.3) is 0 Å². The van der Waals surface area contributed by atoms with Crippen LogP contribution in [0.1, 0.15) is 26.0 Å². The molecule has 1 aromatic heterocycles. The first-order valence-corrected chi connectivity index (χ1v) is 5.79. The highest BCUT2D eigenvalue weighted by atomic mass is 79.9. The molecule has 0 spiro atoms. The molecule has 0 radical (unpaired) electrons. The van der Waals surface area contributed by atoms with Crippen LogP contribution in [-0.2, 0) is 4.79 Å². The summed E-state index contributed by atoms with van der Waals surface area (Å²) in [6, 6.07) is 3.60. The Bertz CT molecular complexity index is 399. The van der Waals surface area contributed by atoms with Crippen LogP contribution in [0.2, 0.25) is 0 Å². The van der Waals surface area contributed by atoms with Gasteiger partial charge in [0.1, 0.15) is 5.82 Å². The van der Waals surface area contributed by atoms with Gasteiger partial charge in [-0.2, -0.15) is 0 Å². The van der Waals surface area contributed by atoms with E-state index in [1.54, 1.807) is 6.07 Å². The fourth-order valence-corrected chi connectivity index (χ4v) is 1.44. The topological polar surface area (TPSA) is 68.0 Å². The number of carbonyl (C=O) groups excluding carboxylic acids is 1. The van der Waals surface area contributed by atoms with Gasteiger partial charge in [0.25, 0.3) is 0 Å². The minimum absolute atomic E-state index is 0.123. The molecule has 88 valence electrons. The van der Waals surface area contributed by atoms with Crippen LogP contribution in [0.3, 0.4) is 0 Å². The molecule has 0 bridgehead atoms. The molecule has 0 saturated carbocycles. The molecule has 0 aliphatic rings. The van der Waals surface area contributed by atoms with E-state index in [1.165, 1.54) is 0 Å². The lowest BCUT2D eigenvalue weighted by Gasteiger charge is -2.17. The number of halogens is 1. The fraction of sp³-hybridized carbons (Fsp3) is 0.455. The van der Waals surface area contributed by atoms with E-state index in [1.807, 2.05) is 26.8 Å². The van der Waals surface area contributed by atoms with E-state index in [0.717, 1.165) is 10.2 Å². The van der Waals surface area contributed by atoms with Crippen molar-refractivity contribution in [1.29, 1.82) is 0 Å². The monoisotopic (exact) mass is 285 g/mol. The van der Waals surface area contributed by atoms with Crippen LogP contribution in [-0.4, -0.2) is 16.4 Å². The van der Waals surface area contributed by atoms with Crippen LogP contribution in [0.15, 0.2) is 16.6 Å². The summed E-state index contributed by atoms with van der Waals surface area (Å²) in [6.45, 7) is 5.49. The largest absolute Gasteiger partial charge is 0.325 e. The maximum atomic E-state index is 11.6. The molecule has 0 fully saturated rings. The zero-order valence-electron chi connectivity index (χ0n) is 9.67. The van der Waals surface area contributed by atoms with E-state index < -0.39 is 5.54 Å². The molecule has 16 heavy (non-hydrogen) atoms. The Hall–Kier alpha value is -0.940. The van der Waals surface area contributed by atoms with Gasteiger partial charge in [-0.15, -0.1) is 0 Å². The van der Waals surface area contributed by atoms with E-state index in [-0.39, 0.29) is 12.3 Å². The Morgan fingerprint density at radius 3 is 2.69 bits per heavy atom. The van der Waals surface area contributed by atoms with Crippen molar-refractivity contribution in [1.82, 2.24) is 4.98 Å². The summed E-state index contributed by atoms with van der Waals surface area (Å²) in [4.78, 5) is 15.8. The summed E-state index contributed by atoms with van der Waals surface area (Å²) in [5, 5.41) is 2.72. The van der Waals surface area contributed by atoms with Crippen LogP contribution in [0.4, 0.5) is 5.82 Å². The van der Waals surface area contributed by atoms with Gasteiger partial charge in [0.15, 0.2) is 0 Å². The Kier molecular flexibility index (Phi) is 4.04. The molecule has 3 N–H and O–H groups in total. The second kappa shape index (κ2) is 4.93. The van der Waals surface area contributed by atoms with Crippen molar-refractivity contribution in [3.05, 3.63) is 22.3 Å². The SMILES string of the molecule is Cc1nc(NC(=O)CC(C)(C)N)ccc1Br. The predicted molar refractivity (Wildman–Crippen MR) is 68.2 cm³/mol. The van der Waals surface area contributed by atoms with E-state index >= 15 is 0 Å². The molecule has 0 saturated heterocycles. The molecule has 0 aliphatic heterocycles. The third-order valence-electron chi connectivity index (χ3n) is 1.90. The van der Waals surface area contributed by atoms with E-state index in [4.69, 9.17) is 5.73 Å². The van der Waals surface area contributed by atoms with Crippen molar-refractivity contribution in [3.8, 4) is 0 Å². The predicted octanol–water partition coefficient (Wildman–Crippen LogP) is 2.22. The molecule has 0 unspecified atom stereocenters. The number of pyridine rings is 1. The summed E-state index contributed by atoms with van der Waals surface area (Å²) in [5.74, 6) is 0.427. The molecule has 1 rings (SSSR count). The Balaban J connectivity index is 2.67. The number of carbonyl (C=O) groups is 1. The number of amides is 1. The number of aromatic nitrogens is 1. The number of aryl methyl sites for hydroxylation is 1. The van der Waals surface area contributed by atoms with E-state index in [0.29, 0.717) is 5.82 Å². The summed E-state index contributed by atoms with van der Waals surface area (Å²) in [6.07, 6.45) is 0.268. The van der Waals surface area contributed by atoms with Crippen molar-refractivity contribution in [2.24, 2.45) is 5.73 Å². The van der Waals surface area contributed by atoms with Gasteiger partial charge < -0.3 is 11.1 Å².